The van der Waals surface area contributed by atoms with E-state index in [0.717, 1.165) is 30.0 Å². The summed E-state index contributed by atoms with van der Waals surface area (Å²) in [5, 5.41) is 11.9. The van der Waals surface area contributed by atoms with E-state index in [4.69, 9.17) is 5.11 Å². The van der Waals surface area contributed by atoms with Gasteiger partial charge < -0.3 is 5.11 Å². The lowest BCUT2D eigenvalue weighted by molar-refractivity contribution is -0.139. The van der Waals surface area contributed by atoms with Gasteiger partial charge in [-0.2, -0.15) is 0 Å². The summed E-state index contributed by atoms with van der Waals surface area (Å²) in [7, 11) is 0. The summed E-state index contributed by atoms with van der Waals surface area (Å²) in [4.78, 5) is 15.2. The van der Waals surface area contributed by atoms with Crippen molar-refractivity contribution in [2.24, 2.45) is 0 Å². The molecule has 1 N–H and O–H groups in total. The van der Waals surface area contributed by atoms with Crippen LogP contribution in [0.25, 0.3) is 0 Å². The summed E-state index contributed by atoms with van der Waals surface area (Å²) in [6.45, 7) is 1.96. The van der Waals surface area contributed by atoms with Crippen LogP contribution in [0.5, 0.6) is 0 Å². The number of carboxylic acid groups (broad SMARTS) is 1. The van der Waals surface area contributed by atoms with Gasteiger partial charge in [0.05, 0.1) is 17.1 Å². The lowest BCUT2D eigenvalue weighted by Gasteiger charge is -2.39. The molecule has 1 aromatic rings. The Labute approximate surface area is 86.8 Å². The molecule has 3 nitrogen and oxygen atoms in total. The van der Waals surface area contributed by atoms with Gasteiger partial charge in [-0.25, -0.2) is 4.98 Å². The maximum Gasteiger partial charge on any atom is 0.304 e. The highest BCUT2D eigenvalue weighted by Gasteiger charge is 2.42. The van der Waals surface area contributed by atoms with Crippen LogP contribution in [-0.4, -0.2) is 16.1 Å². The molecule has 4 heteroatoms. The van der Waals surface area contributed by atoms with Crippen molar-refractivity contribution in [1.82, 2.24) is 4.98 Å². The highest BCUT2D eigenvalue weighted by atomic mass is 32.1. The van der Waals surface area contributed by atoms with Gasteiger partial charge in [-0.3, -0.25) is 4.79 Å². The van der Waals surface area contributed by atoms with E-state index in [1.807, 2.05) is 12.3 Å². The van der Waals surface area contributed by atoms with E-state index in [1.54, 1.807) is 11.3 Å². The average Bonchev–Trinajstić information content (AvgIpc) is 2.44. The van der Waals surface area contributed by atoms with E-state index >= 15 is 0 Å². The molecule has 0 unspecified atom stereocenters. The summed E-state index contributed by atoms with van der Waals surface area (Å²) in [5.74, 6) is -0.713. The Kier molecular flexibility index (Phi) is 2.31. The van der Waals surface area contributed by atoms with E-state index < -0.39 is 5.97 Å². The van der Waals surface area contributed by atoms with Crippen LogP contribution in [0.3, 0.4) is 0 Å². The number of aromatic nitrogens is 1. The van der Waals surface area contributed by atoms with Crippen molar-refractivity contribution in [2.45, 2.75) is 38.0 Å². The van der Waals surface area contributed by atoms with Crippen molar-refractivity contribution >= 4 is 17.3 Å². The summed E-state index contributed by atoms with van der Waals surface area (Å²) in [5.41, 5.74) is 0.852. The zero-order chi connectivity index (χ0) is 10.2. The number of nitrogens with zero attached hydrogens (tertiary/aromatic N) is 1. The van der Waals surface area contributed by atoms with Gasteiger partial charge in [0.2, 0.25) is 0 Å². The SMILES string of the molecule is Cc1nc(C2(CC(=O)O)CCC2)cs1. The van der Waals surface area contributed by atoms with Gasteiger partial charge in [0.15, 0.2) is 0 Å². The molecule has 0 atom stereocenters. The Hall–Kier alpha value is -0.900. The normalized spacial score (nSPS) is 18.9. The van der Waals surface area contributed by atoms with Gasteiger partial charge in [0.25, 0.3) is 0 Å². The number of rotatable bonds is 3. The molecule has 1 saturated carbocycles. The van der Waals surface area contributed by atoms with Crippen molar-refractivity contribution in [3.63, 3.8) is 0 Å². The molecule has 0 spiro atoms. The Bertz CT molecular complexity index is 355. The predicted octanol–water partition coefficient (Wildman–Crippen LogP) is 2.35. The lowest BCUT2D eigenvalue weighted by atomic mass is 9.65. The van der Waals surface area contributed by atoms with E-state index in [2.05, 4.69) is 4.98 Å². The Morgan fingerprint density at radius 2 is 2.43 bits per heavy atom. The highest BCUT2D eigenvalue weighted by Crippen LogP contribution is 2.46. The number of hydrogen-bond acceptors (Lipinski definition) is 3. The molecule has 76 valence electrons. The second-order valence-electron chi connectivity index (χ2n) is 3.96. The fourth-order valence-corrected chi connectivity index (χ4v) is 2.76. The quantitative estimate of drug-likeness (QED) is 0.834. The first-order chi connectivity index (χ1) is 6.62. The zero-order valence-corrected chi connectivity index (χ0v) is 8.93. The largest absolute Gasteiger partial charge is 0.481 e. The van der Waals surface area contributed by atoms with E-state index in [-0.39, 0.29) is 11.8 Å². The smallest absolute Gasteiger partial charge is 0.304 e. The number of hydrogen-bond donors (Lipinski definition) is 1. The molecule has 1 aromatic heterocycles. The van der Waals surface area contributed by atoms with E-state index in [9.17, 15) is 4.79 Å². The third-order valence-corrected chi connectivity index (χ3v) is 3.74. The predicted molar refractivity (Wildman–Crippen MR) is 54.6 cm³/mol. The number of aliphatic carboxylic acids is 1. The molecule has 0 radical (unpaired) electrons. The highest BCUT2D eigenvalue weighted by molar-refractivity contribution is 7.09. The first-order valence-electron chi connectivity index (χ1n) is 4.77. The molecule has 1 fully saturated rings. The summed E-state index contributed by atoms with van der Waals surface area (Å²) in [6.07, 6.45) is 3.31. The zero-order valence-electron chi connectivity index (χ0n) is 8.12. The van der Waals surface area contributed by atoms with Gasteiger partial charge in [0.1, 0.15) is 0 Å². The van der Waals surface area contributed by atoms with Crippen LogP contribution in [0.15, 0.2) is 5.38 Å². The molecule has 0 aliphatic heterocycles. The van der Waals surface area contributed by atoms with Crippen molar-refractivity contribution < 1.29 is 9.90 Å². The van der Waals surface area contributed by atoms with Crippen LogP contribution in [0, 0.1) is 6.92 Å². The van der Waals surface area contributed by atoms with E-state index in [1.165, 1.54) is 0 Å². The van der Waals surface area contributed by atoms with Crippen LogP contribution < -0.4 is 0 Å². The summed E-state index contributed by atoms with van der Waals surface area (Å²) < 4.78 is 0. The fourth-order valence-electron chi connectivity index (χ4n) is 2.02. The monoisotopic (exact) mass is 211 g/mol. The minimum absolute atomic E-state index is 0.142. The van der Waals surface area contributed by atoms with Gasteiger partial charge in [-0.15, -0.1) is 11.3 Å². The minimum atomic E-state index is -0.713. The van der Waals surface area contributed by atoms with Crippen LogP contribution in [0.4, 0.5) is 0 Å². The van der Waals surface area contributed by atoms with Crippen LogP contribution >= 0.6 is 11.3 Å². The van der Waals surface area contributed by atoms with E-state index in [0.29, 0.717) is 0 Å². The van der Waals surface area contributed by atoms with Crippen molar-refractivity contribution in [3.05, 3.63) is 16.1 Å². The average molecular weight is 211 g/mol. The number of carboxylic acids is 1. The molecule has 0 amide bonds. The Morgan fingerprint density at radius 3 is 2.79 bits per heavy atom. The molecule has 0 aromatic carbocycles. The van der Waals surface area contributed by atoms with Crippen molar-refractivity contribution in [2.75, 3.05) is 0 Å². The number of carbonyl (C=O) groups is 1. The molecule has 1 aliphatic rings. The Morgan fingerprint density at radius 1 is 1.71 bits per heavy atom. The van der Waals surface area contributed by atoms with Gasteiger partial charge in [-0.1, -0.05) is 6.42 Å². The fraction of sp³-hybridized carbons (Fsp3) is 0.600. The van der Waals surface area contributed by atoms with Gasteiger partial charge in [-0.05, 0) is 19.8 Å². The maximum atomic E-state index is 10.8. The standard InChI is InChI=1S/C10H13NO2S/c1-7-11-8(6-14-7)10(3-2-4-10)5-9(12)13/h6H,2-5H2,1H3,(H,12,13). The van der Waals surface area contributed by atoms with Gasteiger partial charge >= 0.3 is 5.97 Å². The lowest BCUT2D eigenvalue weighted by Crippen LogP contribution is -2.36. The van der Waals surface area contributed by atoms with Crippen LogP contribution in [-0.2, 0) is 10.2 Å². The third kappa shape index (κ3) is 1.54. The second-order valence-corrected chi connectivity index (χ2v) is 5.02. The van der Waals surface area contributed by atoms with Crippen LogP contribution in [0.1, 0.15) is 36.4 Å². The third-order valence-electron chi connectivity index (χ3n) is 2.96. The molecular formula is C10H13NO2S. The van der Waals surface area contributed by atoms with Crippen LogP contribution in [0.2, 0.25) is 0 Å². The van der Waals surface area contributed by atoms with Crippen molar-refractivity contribution in [3.8, 4) is 0 Å². The number of thiazole rings is 1. The topological polar surface area (TPSA) is 50.2 Å². The first-order valence-corrected chi connectivity index (χ1v) is 5.65. The maximum absolute atomic E-state index is 10.8. The molecule has 14 heavy (non-hydrogen) atoms. The number of aryl methyl sites for hydroxylation is 1. The minimum Gasteiger partial charge on any atom is -0.481 e. The second kappa shape index (κ2) is 3.35. The molecule has 1 aliphatic carbocycles. The first kappa shape index (κ1) is 9.65. The molecular weight excluding hydrogens is 198 g/mol. The van der Waals surface area contributed by atoms with Gasteiger partial charge in [0, 0.05) is 10.8 Å². The molecule has 1 heterocycles. The molecule has 0 bridgehead atoms. The molecule has 0 saturated heterocycles. The van der Waals surface area contributed by atoms with Crippen molar-refractivity contribution in [1.29, 1.82) is 0 Å². The molecule has 2 rings (SSSR count). The Balaban J connectivity index is 2.24. The summed E-state index contributed by atoms with van der Waals surface area (Å²) in [6, 6.07) is 0. The summed E-state index contributed by atoms with van der Waals surface area (Å²) >= 11 is 1.60.